The Hall–Kier alpha value is -1.61. The van der Waals surface area contributed by atoms with Crippen molar-refractivity contribution in [1.29, 1.82) is 0 Å². The van der Waals surface area contributed by atoms with Crippen LogP contribution in [0, 0.1) is 5.92 Å². The Morgan fingerprint density at radius 2 is 1.95 bits per heavy atom. The first-order valence-electron chi connectivity index (χ1n) is 7.76. The molecule has 0 unspecified atom stereocenters. The molecule has 0 aliphatic rings. The lowest BCUT2D eigenvalue weighted by molar-refractivity contribution is 0.0900. The molecule has 3 nitrogen and oxygen atoms in total. The van der Waals surface area contributed by atoms with Crippen LogP contribution in [0.1, 0.15) is 37.0 Å². The van der Waals surface area contributed by atoms with E-state index >= 15 is 0 Å². The highest BCUT2D eigenvalue weighted by Crippen LogP contribution is 2.23. The van der Waals surface area contributed by atoms with Crippen LogP contribution in [0.25, 0.3) is 10.9 Å². The number of hydrogen-bond donors (Lipinski definition) is 0. The zero-order chi connectivity index (χ0) is 15.4. The third-order valence-corrected chi connectivity index (χ3v) is 3.83. The van der Waals surface area contributed by atoms with E-state index in [1.807, 2.05) is 29.0 Å². The van der Waals surface area contributed by atoms with Crippen LogP contribution in [0.5, 0.6) is 0 Å². The van der Waals surface area contributed by atoms with Crippen molar-refractivity contribution in [3.63, 3.8) is 0 Å². The lowest BCUT2D eigenvalue weighted by atomic mass is 10.1. The fraction of sp³-hybridized carbons (Fsp3) is 0.500. The number of para-hydroxylation sites is 1. The van der Waals surface area contributed by atoms with Gasteiger partial charge in [0.1, 0.15) is 0 Å². The molecule has 1 heterocycles. The largest absolute Gasteiger partial charge is 0.309 e. The zero-order valence-corrected chi connectivity index (χ0v) is 13.6. The minimum atomic E-state index is 0.205. The zero-order valence-electron chi connectivity index (χ0n) is 13.6. The third kappa shape index (κ3) is 3.94. The van der Waals surface area contributed by atoms with E-state index in [1.54, 1.807) is 0 Å². The number of likely N-dealkylation sites (N-methyl/N-ethyl adjacent to an activating group) is 1. The smallest absolute Gasteiger partial charge is 0.231 e. The molecule has 1 aromatic heterocycles. The molecule has 0 aliphatic carbocycles. The number of hydrogen-bond acceptors (Lipinski definition) is 2. The van der Waals surface area contributed by atoms with E-state index < -0.39 is 0 Å². The summed E-state index contributed by atoms with van der Waals surface area (Å²) in [4.78, 5) is 14.6. The second kappa shape index (κ2) is 6.90. The van der Waals surface area contributed by atoms with Crippen molar-refractivity contribution in [3.05, 3.63) is 36.0 Å². The molecule has 21 heavy (non-hydrogen) atoms. The highest BCUT2D eigenvalue weighted by atomic mass is 16.2. The van der Waals surface area contributed by atoms with Crippen molar-refractivity contribution < 1.29 is 4.79 Å². The predicted octanol–water partition coefficient (Wildman–Crippen LogP) is 3.82. The van der Waals surface area contributed by atoms with Crippen LogP contribution in [0.3, 0.4) is 0 Å². The maximum Gasteiger partial charge on any atom is 0.231 e. The first-order valence-corrected chi connectivity index (χ1v) is 7.76. The Morgan fingerprint density at radius 1 is 1.24 bits per heavy atom. The number of carbonyl (C=O) groups excluding carboxylic acids is 1. The first kappa shape index (κ1) is 15.8. The van der Waals surface area contributed by atoms with E-state index in [9.17, 15) is 4.79 Å². The van der Waals surface area contributed by atoms with Gasteiger partial charge in [-0.3, -0.25) is 9.36 Å². The van der Waals surface area contributed by atoms with Crippen molar-refractivity contribution in [3.8, 4) is 0 Å². The number of rotatable bonds is 6. The summed E-state index contributed by atoms with van der Waals surface area (Å²) in [6.07, 6.45) is 4.57. The number of carbonyl (C=O) groups is 1. The second-order valence-corrected chi connectivity index (χ2v) is 6.42. The summed E-state index contributed by atoms with van der Waals surface area (Å²) < 4.78 is 1.85. The van der Waals surface area contributed by atoms with Crippen LogP contribution in [0.2, 0.25) is 0 Å². The van der Waals surface area contributed by atoms with E-state index in [0.29, 0.717) is 12.3 Å². The lowest BCUT2D eigenvalue weighted by Crippen LogP contribution is -2.15. The van der Waals surface area contributed by atoms with Gasteiger partial charge in [-0.15, -0.1) is 0 Å². The maximum atomic E-state index is 12.5. The summed E-state index contributed by atoms with van der Waals surface area (Å²) in [6, 6.07) is 8.21. The minimum Gasteiger partial charge on any atom is -0.309 e. The summed E-state index contributed by atoms with van der Waals surface area (Å²) in [5.74, 6) is 0.764. The summed E-state index contributed by atoms with van der Waals surface area (Å²) in [6.45, 7) is 5.31. The summed E-state index contributed by atoms with van der Waals surface area (Å²) in [5.41, 5.74) is 2.30. The van der Waals surface area contributed by atoms with Gasteiger partial charge in [0, 0.05) is 24.5 Å². The van der Waals surface area contributed by atoms with Crippen LogP contribution in [0.4, 0.5) is 0 Å². The van der Waals surface area contributed by atoms with Gasteiger partial charge in [0.15, 0.2) is 0 Å². The van der Waals surface area contributed by atoms with Crippen molar-refractivity contribution in [2.75, 3.05) is 20.6 Å². The van der Waals surface area contributed by atoms with E-state index in [4.69, 9.17) is 0 Å². The van der Waals surface area contributed by atoms with Crippen LogP contribution in [-0.4, -0.2) is 36.0 Å². The molecule has 0 fully saturated rings. The maximum absolute atomic E-state index is 12.5. The third-order valence-electron chi connectivity index (χ3n) is 3.83. The molecule has 0 aliphatic heterocycles. The first-order chi connectivity index (χ1) is 9.99. The Kier molecular flexibility index (Phi) is 5.18. The van der Waals surface area contributed by atoms with E-state index in [2.05, 4.69) is 38.9 Å². The average Bonchev–Trinajstić information content (AvgIpc) is 2.81. The van der Waals surface area contributed by atoms with Gasteiger partial charge >= 0.3 is 0 Å². The van der Waals surface area contributed by atoms with Gasteiger partial charge < -0.3 is 4.90 Å². The molecular weight excluding hydrogens is 260 g/mol. The van der Waals surface area contributed by atoms with Crippen LogP contribution in [0.15, 0.2) is 30.5 Å². The minimum absolute atomic E-state index is 0.205. The fourth-order valence-corrected chi connectivity index (χ4v) is 2.53. The molecule has 3 heteroatoms. The van der Waals surface area contributed by atoms with E-state index in [0.717, 1.165) is 24.9 Å². The summed E-state index contributed by atoms with van der Waals surface area (Å²) in [7, 11) is 4.15. The number of aromatic nitrogens is 1. The van der Waals surface area contributed by atoms with Gasteiger partial charge in [0.2, 0.25) is 5.91 Å². The molecule has 0 spiro atoms. The Labute approximate surface area is 127 Å². The highest BCUT2D eigenvalue weighted by molar-refractivity contribution is 5.94. The standard InChI is InChI=1S/C18H26N2O/c1-14(2)9-10-18(21)20-13-15(11-12-19(3)4)16-7-5-6-8-17(16)20/h5-8,13-14H,9-12H2,1-4H3. The monoisotopic (exact) mass is 286 g/mol. The molecule has 0 radical (unpaired) electrons. The van der Waals surface area contributed by atoms with Crippen molar-refractivity contribution >= 4 is 16.8 Å². The molecule has 1 aromatic carbocycles. The molecule has 114 valence electrons. The highest BCUT2D eigenvalue weighted by Gasteiger charge is 2.13. The Bertz CT molecular complexity index is 611. The second-order valence-electron chi connectivity index (χ2n) is 6.42. The van der Waals surface area contributed by atoms with Crippen molar-refractivity contribution in [2.45, 2.75) is 33.1 Å². The molecule has 0 saturated carbocycles. The normalized spacial score (nSPS) is 11.7. The number of benzene rings is 1. The predicted molar refractivity (Wildman–Crippen MR) is 88.9 cm³/mol. The molecule has 0 bridgehead atoms. The van der Waals surface area contributed by atoms with E-state index in [-0.39, 0.29) is 5.91 Å². The van der Waals surface area contributed by atoms with Crippen molar-refractivity contribution in [2.24, 2.45) is 5.92 Å². The fourth-order valence-electron chi connectivity index (χ4n) is 2.53. The van der Waals surface area contributed by atoms with Gasteiger partial charge in [0.05, 0.1) is 5.52 Å². The summed E-state index contributed by atoms with van der Waals surface area (Å²) in [5, 5.41) is 1.21. The van der Waals surface area contributed by atoms with Crippen LogP contribution in [-0.2, 0) is 6.42 Å². The molecule has 0 atom stereocenters. The number of nitrogens with zero attached hydrogens (tertiary/aromatic N) is 2. The SMILES string of the molecule is CC(C)CCC(=O)n1cc(CCN(C)C)c2ccccc21. The quantitative estimate of drug-likeness (QED) is 0.806. The van der Waals surface area contributed by atoms with Crippen LogP contribution >= 0.6 is 0 Å². The van der Waals surface area contributed by atoms with Gasteiger partial charge in [-0.2, -0.15) is 0 Å². The van der Waals surface area contributed by atoms with Gasteiger partial charge in [-0.1, -0.05) is 32.0 Å². The number of fused-ring (bicyclic) bond motifs is 1. The van der Waals surface area contributed by atoms with Gasteiger partial charge in [0.25, 0.3) is 0 Å². The molecule has 0 saturated heterocycles. The van der Waals surface area contributed by atoms with Gasteiger partial charge in [-0.25, -0.2) is 0 Å². The average molecular weight is 286 g/mol. The topological polar surface area (TPSA) is 25.2 Å². The van der Waals surface area contributed by atoms with Crippen molar-refractivity contribution in [1.82, 2.24) is 9.47 Å². The molecule has 0 N–H and O–H groups in total. The summed E-state index contributed by atoms with van der Waals surface area (Å²) >= 11 is 0. The lowest BCUT2D eigenvalue weighted by Gasteiger charge is -2.08. The molecule has 2 aromatic rings. The molecule has 2 rings (SSSR count). The Morgan fingerprint density at radius 3 is 2.62 bits per heavy atom. The molecule has 0 amide bonds. The molecular formula is C18H26N2O. The Balaban J connectivity index is 2.29. The van der Waals surface area contributed by atoms with Gasteiger partial charge in [-0.05, 0) is 44.5 Å². The van der Waals surface area contributed by atoms with E-state index in [1.165, 1.54) is 10.9 Å². The van der Waals surface area contributed by atoms with Crippen LogP contribution < -0.4 is 0 Å².